The van der Waals surface area contributed by atoms with Gasteiger partial charge < -0.3 is 19.9 Å². The molecule has 0 fully saturated rings. The summed E-state index contributed by atoms with van der Waals surface area (Å²) >= 11 is 0. The fourth-order valence-electron chi connectivity index (χ4n) is 1.53. The summed E-state index contributed by atoms with van der Waals surface area (Å²) in [5.74, 6) is 1.57. The Morgan fingerprint density at radius 1 is 1.05 bits per heavy atom. The molecular formula is C13H13N3O4. The first-order valence-electron chi connectivity index (χ1n) is 5.67. The molecule has 0 aliphatic carbocycles. The van der Waals surface area contributed by atoms with Gasteiger partial charge in [0, 0.05) is 5.56 Å². The largest absolute Gasteiger partial charge is 0.481 e. The van der Waals surface area contributed by atoms with Crippen LogP contribution in [0, 0.1) is 0 Å². The molecule has 1 aromatic heterocycles. The van der Waals surface area contributed by atoms with Crippen LogP contribution in [0.1, 0.15) is 0 Å². The molecule has 7 heteroatoms. The third-order valence-corrected chi connectivity index (χ3v) is 2.43. The lowest BCUT2D eigenvalue weighted by atomic mass is 10.2. The molecule has 104 valence electrons. The Kier molecular flexibility index (Phi) is 3.99. The van der Waals surface area contributed by atoms with E-state index in [-0.39, 0.29) is 0 Å². The molecule has 2 aromatic rings. The Morgan fingerprint density at radius 3 is 2.05 bits per heavy atom. The number of nitrogens with two attached hydrogens (primary N) is 1. The topological polar surface area (TPSA) is 96.6 Å². The monoisotopic (exact) mass is 275 g/mol. The lowest BCUT2D eigenvalue weighted by molar-refractivity contribution is 0.211. The molecule has 0 radical (unpaired) electrons. The zero-order chi connectivity index (χ0) is 14.5. The van der Waals surface area contributed by atoms with E-state index >= 15 is 0 Å². The van der Waals surface area contributed by atoms with Crippen LogP contribution in [0.2, 0.25) is 0 Å². The summed E-state index contributed by atoms with van der Waals surface area (Å²) in [5.41, 5.74) is 5.65. The summed E-state index contributed by atoms with van der Waals surface area (Å²) in [6.45, 7) is 0. The van der Waals surface area contributed by atoms with Gasteiger partial charge in [0.15, 0.2) is 5.82 Å². The van der Waals surface area contributed by atoms with Crippen molar-refractivity contribution in [1.82, 2.24) is 9.97 Å². The number of carbonyl (C=O) groups is 1. The van der Waals surface area contributed by atoms with Gasteiger partial charge in [0.05, 0.1) is 20.3 Å². The summed E-state index contributed by atoms with van der Waals surface area (Å²) < 4.78 is 14.9. The minimum absolute atomic E-state index is 0.344. The van der Waals surface area contributed by atoms with Crippen molar-refractivity contribution in [3.05, 3.63) is 30.3 Å². The number of ether oxygens (including phenoxy) is 3. The highest BCUT2D eigenvalue weighted by atomic mass is 16.5. The van der Waals surface area contributed by atoms with Gasteiger partial charge in [-0.15, -0.1) is 0 Å². The van der Waals surface area contributed by atoms with Crippen LogP contribution in [0.15, 0.2) is 30.3 Å². The molecule has 0 saturated carbocycles. The van der Waals surface area contributed by atoms with Crippen molar-refractivity contribution < 1.29 is 19.0 Å². The molecular weight excluding hydrogens is 262 g/mol. The fourth-order valence-corrected chi connectivity index (χ4v) is 1.53. The predicted octanol–water partition coefficient (Wildman–Crippen LogP) is 1.62. The third kappa shape index (κ3) is 3.14. The van der Waals surface area contributed by atoms with Crippen molar-refractivity contribution in [2.45, 2.75) is 0 Å². The molecule has 1 heterocycles. The molecule has 7 nitrogen and oxygen atoms in total. The van der Waals surface area contributed by atoms with Gasteiger partial charge in [0.2, 0.25) is 11.8 Å². The van der Waals surface area contributed by atoms with Gasteiger partial charge in [0.25, 0.3) is 0 Å². The summed E-state index contributed by atoms with van der Waals surface area (Å²) in [6.07, 6.45) is -0.864. The molecule has 0 aliphatic heterocycles. The minimum Gasteiger partial charge on any atom is -0.481 e. The van der Waals surface area contributed by atoms with Crippen LogP contribution in [0.4, 0.5) is 4.79 Å². The van der Waals surface area contributed by atoms with Crippen molar-refractivity contribution in [3.8, 4) is 28.9 Å². The Bertz CT molecular complexity index is 591. The van der Waals surface area contributed by atoms with E-state index in [2.05, 4.69) is 9.97 Å². The first kappa shape index (κ1) is 13.6. The molecule has 1 amide bonds. The van der Waals surface area contributed by atoms with Crippen molar-refractivity contribution >= 4 is 6.09 Å². The summed E-state index contributed by atoms with van der Waals surface area (Å²) in [6, 6.07) is 8.16. The molecule has 0 atom stereocenters. The smallest absolute Gasteiger partial charge is 0.409 e. The summed E-state index contributed by atoms with van der Waals surface area (Å²) in [4.78, 5) is 19.1. The number of carbonyl (C=O) groups excluding carboxylic acids is 1. The lowest BCUT2D eigenvalue weighted by Crippen LogP contribution is -2.16. The normalized spacial score (nSPS) is 9.90. The number of nitrogens with zero attached hydrogens (tertiary/aromatic N) is 2. The number of hydrogen-bond donors (Lipinski definition) is 1. The van der Waals surface area contributed by atoms with Crippen molar-refractivity contribution in [2.24, 2.45) is 5.73 Å². The molecule has 0 unspecified atom stereocenters. The van der Waals surface area contributed by atoms with Gasteiger partial charge in [-0.05, 0) is 24.3 Å². The number of benzene rings is 1. The highest BCUT2D eigenvalue weighted by Gasteiger charge is 2.08. The molecule has 0 bridgehead atoms. The van der Waals surface area contributed by atoms with Crippen LogP contribution in [0.5, 0.6) is 17.5 Å². The quantitative estimate of drug-likeness (QED) is 0.910. The Morgan fingerprint density at radius 2 is 1.60 bits per heavy atom. The molecule has 2 rings (SSSR count). The molecule has 0 aliphatic rings. The van der Waals surface area contributed by atoms with E-state index in [1.165, 1.54) is 14.2 Å². The van der Waals surface area contributed by atoms with Crippen LogP contribution in [0.3, 0.4) is 0 Å². The standard InChI is InChI=1S/C13H13N3O4/c1-18-10-7-11(19-2)16-12(15-10)8-3-5-9(6-4-8)20-13(14)17/h3-7H,1-2H3,(H2,14,17). The maximum absolute atomic E-state index is 10.6. The zero-order valence-corrected chi connectivity index (χ0v) is 11.0. The van der Waals surface area contributed by atoms with E-state index in [1.807, 2.05) is 0 Å². The maximum atomic E-state index is 10.6. The molecule has 20 heavy (non-hydrogen) atoms. The predicted molar refractivity (Wildman–Crippen MR) is 70.8 cm³/mol. The number of primary amides is 1. The van der Waals surface area contributed by atoms with E-state index in [1.54, 1.807) is 30.3 Å². The summed E-state index contributed by atoms with van der Waals surface area (Å²) in [7, 11) is 3.02. The number of amides is 1. The minimum atomic E-state index is -0.864. The molecule has 2 N–H and O–H groups in total. The van der Waals surface area contributed by atoms with E-state index < -0.39 is 6.09 Å². The van der Waals surface area contributed by atoms with Gasteiger partial charge >= 0.3 is 6.09 Å². The maximum Gasteiger partial charge on any atom is 0.409 e. The summed E-state index contributed by atoms with van der Waals surface area (Å²) in [5, 5.41) is 0. The third-order valence-electron chi connectivity index (χ3n) is 2.43. The van der Waals surface area contributed by atoms with Crippen LogP contribution in [0.25, 0.3) is 11.4 Å². The van der Waals surface area contributed by atoms with E-state index in [9.17, 15) is 4.79 Å². The van der Waals surface area contributed by atoms with Crippen molar-refractivity contribution in [2.75, 3.05) is 14.2 Å². The van der Waals surface area contributed by atoms with E-state index in [4.69, 9.17) is 19.9 Å². The SMILES string of the molecule is COc1cc(OC)nc(-c2ccc(OC(N)=O)cc2)n1. The van der Waals surface area contributed by atoms with Gasteiger partial charge in [-0.2, -0.15) is 9.97 Å². The first-order chi connectivity index (χ1) is 9.62. The van der Waals surface area contributed by atoms with Crippen LogP contribution in [-0.2, 0) is 0 Å². The van der Waals surface area contributed by atoms with Gasteiger partial charge in [-0.1, -0.05) is 0 Å². The number of hydrogen-bond acceptors (Lipinski definition) is 6. The van der Waals surface area contributed by atoms with Crippen LogP contribution < -0.4 is 19.9 Å². The fraction of sp³-hybridized carbons (Fsp3) is 0.154. The highest BCUT2D eigenvalue weighted by molar-refractivity contribution is 5.68. The lowest BCUT2D eigenvalue weighted by Gasteiger charge is -2.07. The van der Waals surface area contributed by atoms with Crippen molar-refractivity contribution in [3.63, 3.8) is 0 Å². The Hall–Kier alpha value is -2.83. The van der Waals surface area contributed by atoms with Gasteiger partial charge in [-0.3, -0.25) is 0 Å². The molecule has 0 spiro atoms. The molecule has 0 saturated heterocycles. The van der Waals surface area contributed by atoms with Crippen LogP contribution in [-0.4, -0.2) is 30.3 Å². The average Bonchev–Trinajstić information content (AvgIpc) is 2.46. The first-order valence-corrected chi connectivity index (χ1v) is 5.67. The Balaban J connectivity index is 2.33. The van der Waals surface area contributed by atoms with Crippen LogP contribution >= 0.6 is 0 Å². The van der Waals surface area contributed by atoms with E-state index in [0.29, 0.717) is 23.3 Å². The molecule has 1 aromatic carbocycles. The van der Waals surface area contributed by atoms with Gasteiger partial charge in [-0.25, -0.2) is 4.79 Å². The zero-order valence-electron chi connectivity index (χ0n) is 11.0. The second kappa shape index (κ2) is 5.87. The average molecular weight is 275 g/mol. The number of aromatic nitrogens is 2. The second-order valence-electron chi connectivity index (χ2n) is 3.72. The van der Waals surface area contributed by atoms with E-state index in [0.717, 1.165) is 5.56 Å². The number of methoxy groups -OCH3 is 2. The van der Waals surface area contributed by atoms with Crippen molar-refractivity contribution in [1.29, 1.82) is 0 Å². The van der Waals surface area contributed by atoms with Gasteiger partial charge in [0.1, 0.15) is 5.75 Å². The number of rotatable bonds is 4. The Labute approximate surface area is 115 Å². The highest BCUT2D eigenvalue weighted by Crippen LogP contribution is 2.24. The second-order valence-corrected chi connectivity index (χ2v) is 3.72.